The maximum Gasteiger partial charge on any atom is 0.309 e. The van der Waals surface area contributed by atoms with E-state index in [1.165, 1.54) is 16.4 Å². The lowest BCUT2D eigenvalue weighted by atomic mass is 9.98. The lowest BCUT2D eigenvalue weighted by molar-refractivity contribution is -0.151. The van der Waals surface area contributed by atoms with Crippen molar-refractivity contribution in [2.24, 2.45) is 5.92 Å². The summed E-state index contributed by atoms with van der Waals surface area (Å²) in [6, 6.07) is 8.57. The van der Waals surface area contributed by atoms with Crippen LogP contribution in [0.2, 0.25) is 0 Å². The van der Waals surface area contributed by atoms with Crippen LogP contribution in [0.4, 0.5) is 4.39 Å². The maximum atomic E-state index is 13.1. The van der Waals surface area contributed by atoms with Crippen molar-refractivity contribution >= 4 is 16.0 Å². The van der Waals surface area contributed by atoms with E-state index in [0.29, 0.717) is 25.2 Å². The summed E-state index contributed by atoms with van der Waals surface area (Å²) in [5.74, 6) is 0.239. The standard InChI is InChI=1S/C24H28FNO6S/c1-3-30-22-13-18-12-16(2)32-23(18)14-19(22)15-31-24(27)17-8-10-26(11-9-17)33(28,29)21-6-4-20(25)5-7-21/h4-7,13-14,16-17H,3,8-12,15H2,1-2H3. The normalized spacial score (nSPS) is 19.1. The van der Waals surface area contributed by atoms with E-state index in [-0.39, 0.29) is 42.6 Å². The Balaban J connectivity index is 1.35. The van der Waals surface area contributed by atoms with Gasteiger partial charge in [0.1, 0.15) is 30.0 Å². The Bertz CT molecular complexity index is 1110. The lowest BCUT2D eigenvalue weighted by Gasteiger charge is -2.30. The first-order valence-electron chi connectivity index (χ1n) is 11.2. The molecule has 2 aromatic carbocycles. The van der Waals surface area contributed by atoms with E-state index < -0.39 is 15.8 Å². The molecule has 0 saturated carbocycles. The number of halogens is 1. The van der Waals surface area contributed by atoms with Gasteiger partial charge in [-0.1, -0.05) is 0 Å². The third-order valence-electron chi connectivity index (χ3n) is 5.99. The van der Waals surface area contributed by atoms with Crippen molar-refractivity contribution in [2.75, 3.05) is 19.7 Å². The first-order valence-corrected chi connectivity index (χ1v) is 12.6. The molecule has 7 nitrogen and oxygen atoms in total. The predicted molar refractivity (Wildman–Crippen MR) is 119 cm³/mol. The zero-order valence-corrected chi connectivity index (χ0v) is 19.6. The minimum absolute atomic E-state index is 0.0431. The van der Waals surface area contributed by atoms with Crippen LogP contribution in [0.3, 0.4) is 0 Å². The first kappa shape index (κ1) is 23.5. The van der Waals surface area contributed by atoms with E-state index >= 15 is 0 Å². The fraction of sp³-hybridized carbons (Fsp3) is 0.458. The fourth-order valence-electron chi connectivity index (χ4n) is 4.24. The Morgan fingerprint density at radius 2 is 1.88 bits per heavy atom. The highest BCUT2D eigenvalue weighted by atomic mass is 32.2. The third-order valence-corrected chi connectivity index (χ3v) is 7.90. The zero-order valence-electron chi connectivity index (χ0n) is 18.8. The number of hydrogen-bond acceptors (Lipinski definition) is 6. The van der Waals surface area contributed by atoms with E-state index in [2.05, 4.69) is 0 Å². The van der Waals surface area contributed by atoms with Crippen molar-refractivity contribution in [1.29, 1.82) is 0 Å². The summed E-state index contributed by atoms with van der Waals surface area (Å²) >= 11 is 0. The van der Waals surface area contributed by atoms with Gasteiger partial charge >= 0.3 is 5.97 Å². The number of benzene rings is 2. The molecule has 1 unspecified atom stereocenters. The van der Waals surface area contributed by atoms with E-state index in [4.69, 9.17) is 14.2 Å². The van der Waals surface area contributed by atoms with Crippen molar-refractivity contribution in [1.82, 2.24) is 4.31 Å². The largest absolute Gasteiger partial charge is 0.493 e. The highest BCUT2D eigenvalue weighted by Crippen LogP contribution is 2.36. The van der Waals surface area contributed by atoms with Gasteiger partial charge in [0.05, 0.1) is 17.4 Å². The second-order valence-corrected chi connectivity index (χ2v) is 10.3. The van der Waals surface area contributed by atoms with Crippen molar-refractivity contribution in [3.8, 4) is 11.5 Å². The van der Waals surface area contributed by atoms with Gasteiger partial charge < -0.3 is 14.2 Å². The first-order chi connectivity index (χ1) is 15.8. The van der Waals surface area contributed by atoms with Crippen LogP contribution >= 0.6 is 0 Å². The molecule has 2 aliphatic heterocycles. The van der Waals surface area contributed by atoms with E-state index in [9.17, 15) is 17.6 Å². The number of fused-ring (bicyclic) bond motifs is 1. The summed E-state index contributed by atoms with van der Waals surface area (Å²) in [6.07, 6.45) is 1.64. The van der Waals surface area contributed by atoms with Gasteiger partial charge in [-0.25, -0.2) is 12.8 Å². The van der Waals surface area contributed by atoms with Crippen LogP contribution < -0.4 is 9.47 Å². The molecule has 2 aliphatic rings. The van der Waals surface area contributed by atoms with Crippen LogP contribution in [0.25, 0.3) is 0 Å². The van der Waals surface area contributed by atoms with Gasteiger partial charge in [0.15, 0.2) is 0 Å². The average molecular weight is 478 g/mol. The molecule has 0 bridgehead atoms. The summed E-state index contributed by atoms with van der Waals surface area (Å²) in [6.45, 7) is 4.87. The molecule has 4 rings (SSSR count). The number of nitrogens with zero attached hydrogens (tertiary/aromatic N) is 1. The predicted octanol–water partition coefficient (Wildman–Crippen LogP) is 3.69. The van der Waals surface area contributed by atoms with Crippen molar-refractivity contribution in [3.05, 3.63) is 53.3 Å². The van der Waals surface area contributed by atoms with Crippen LogP contribution in [0.15, 0.2) is 41.3 Å². The van der Waals surface area contributed by atoms with E-state index in [1.807, 2.05) is 26.0 Å². The number of rotatable bonds is 7. The molecule has 0 N–H and O–H groups in total. The Morgan fingerprint density at radius 3 is 2.55 bits per heavy atom. The van der Waals surface area contributed by atoms with Gasteiger partial charge in [0.2, 0.25) is 10.0 Å². The van der Waals surface area contributed by atoms with Crippen molar-refractivity contribution in [3.63, 3.8) is 0 Å². The molecule has 33 heavy (non-hydrogen) atoms. The van der Waals surface area contributed by atoms with Gasteiger partial charge in [-0.3, -0.25) is 4.79 Å². The Morgan fingerprint density at radius 1 is 1.18 bits per heavy atom. The number of esters is 1. The van der Waals surface area contributed by atoms with Gasteiger partial charge in [0, 0.05) is 30.6 Å². The number of ether oxygens (including phenoxy) is 3. The van der Waals surface area contributed by atoms with E-state index in [1.54, 1.807) is 0 Å². The Hall–Kier alpha value is -2.65. The summed E-state index contributed by atoms with van der Waals surface area (Å²) < 4.78 is 57.1. The Labute approximate surface area is 193 Å². The second kappa shape index (κ2) is 9.69. The number of carbonyl (C=O) groups is 1. The highest BCUT2D eigenvalue weighted by molar-refractivity contribution is 7.89. The maximum absolute atomic E-state index is 13.1. The molecule has 0 spiro atoms. The fourth-order valence-corrected chi connectivity index (χ4v) is 5.71. The van der Waals surface area contributed by atoms with Crippen molar-refractivity contribution in [2.45, 2.75) is 50.7 Å². The molecular formula is C24H28FNO6S. The lowest BCUT2D eigenvalue weighted by Crippen LogP contribution is -2.40. The number of sulfonamides is 1. The van der Waals surface area contributed by atoms with Crippen molar-refractivity contribution < 1.29 is 31.8 Å². The molecule has 2 heterocycles. The molecule has 1 fully saturated rings. The minimum atomic E-state index is -3.72. The average Bonchev–Trinajstić information content (AvgIpc) is 3.16. The van der Waals surface area contributed by atoms with E-state index in [0.717, 1.165) is 35.4 Å². The SMILES string of the molecule is CCOc1cc2c(cc1COC(=O)C1CCN(S(=O)(=O)c3ccc(F)cc3)CC1)OC(C)C2. The topological polar surface area (TPSA) is 82.1 Å². The number of carbonyl (C=O) groups excluding carboxylic acids is 1. The molecular weight excluding hydrogens is 449 g/mol. The van der Waals surface area contributed by atoms with Gasteiger partial charge in [-0.15, -0.1) is 0 Å². The van der Waals surface area contributed by atoms with Crippen LogP contribution in [0, 0.1) is 11.7 Å². The smallest absolute Gasteiger partial charge is 0.309 e. The summed E-state index contributed by atoms with van der Waals surface area (Å²) in [4.78, 5) is 12.7. The van der Waals surface area contributed by atoms with Crippen LogP contribution in [-0.4, -0.2) is 44.5 Å². The summed E-state index contributed by atoms with van der Waals surface area (Å²) in [7, 11) is -3.72. The van der Waals surface area contributed by atoms with Gasteiger partial charge in [-0.2, -0.15) is 4.31 Å². The Kier molecular flexibility index (Phi) is 6.90. The summed E-state index contributed by atoms with van der Waals surface area (Å²) in [5.41, 5.74) is 1.82. The third kappa shape index (κ3) is 5.14. The van der Waals surface area contributed by atoms with Gasteiger partial charge in [-0.05, 0) is 63.1 Å². The summed E-state index contributed by atoms with van der Waals surface area (Å²) in [5, 5.41) is 0. The second-order valence-electron chi connectivity index (χ2n) is 8.37. The van der Waals surface area contributed by atoms with Crippen LogP contribution in [-0.2, 0) is 32.6 Å². The monoisotopic (exact) mass is 477 g/mol. The molecule has 0 aliphatic carbocycles. The molecule has 1 saturated heterocycles. The quantitative estimate of drug-likeness (QED) is 0.566. The zero-order chi connectivity index (χ0) is 23.6. The molecule has 178 valence electrons. The molecule has 0 radical (unpaired) electrons. The number of hydrogen-bond donors (Lipinski definition) is 0. The number of piperidine rings is 1. The molecule has 2 aromatic rings. The minimum Gasteiger partial charge on any atom is -0.493 e. The highest BCUT2D eigenvalue weighted by Gasteiger charge is 2.33. The van der Waals surface area contributed by atoms with Gasteiger partial charge in [0.25, 0.3) is 0 Å². The molecule has 0 amide bonds. The van der Waals surface area contributed by atoms with Crippen LogP contribution in [0.1, 0.15) is 37.8 Å². The molecule has 0 aromatic heterocycles. The molecule has 9 heteroatoms. The molecule has 1 atom stereocenters. The van der Waals surface area contributed by atoms with Crippen LogP contribution in [0.5, 0.6) is 11.5 Å².